The van der Waals surface area contributed by atoms with Crippen LogP contribution in [0.2, 0.25) is 0 Å². The minimum atomic E-state index is -4.72. The first-order valence-electron chi connectivity index (χ1n) is 7.96. The fraction of sp³-hybridized carbons (Fsp3) is 0.222. The summed E-state index contributed by atoms with van der Waals surface area (Å²) in [5, 5.41) is 5.47. The van der Waals surface area contributed by atoms with Gasteiger partial charge in [-0.15, -0.1) is 37.1 Å². The number of hydrogen-bond donors (Lipinski definition) is 3. The Morgan fingerprint density at radius 3 is 2.18 bits per heavy atom. The van der Waals surface area contributed by atoms with Gasteiger partial charge in [0.05, 0.1) is 6.54 Å². The van der Waals surface area contributed by atoms with Gasteiger partial charge in [0.15, 0.2) is 5.96 Å². The lowest BCUT2D eigenvalue weighted by Crippen LogP contribution is -2.31. The number of alkyl halides is 3. The van der Waals surface area contributed by atoms with Crippen molar-refractivity contribution in [3.8, 4) is 5.75 Å². The highest BCUT2D eigenvalue weighted by Crippen LogP contribution is 2.22. The number of nitrogens with zero attached hydrogens (tertiary/aromatic N) is 1. The van der Waals surface area contributed by atoms with Gasteiger partial charge in [-0.1, -0.05) is 24.3 Å². The SMILES string of the molecule is CNC(=O)c1ccc(CNC(N)=NCc2ccc(OC(F)(F)F)cc2)cc1.I. The third kappa shape index (κ3) is 8.03. The zero-order valence-electron chi connectivity index (χ0n) is 14.9. The van der Waals surface area contributed by atoms with E-state index in [4.69, 9.17) is 5.73 Å². The Hall–Kier alpha value is -2.50. The molecule has 0 aliphatic heterocycles. The Morgan fingerprint density at radius 2 is 1.64 bits per heavy atom. The maximum absolute atomic E-state index is 12.1. The highest BCUT2D eigenvalue weighted by molar-refractivity contribution is 14.0. The van der Waals surface area contributed by atoms with Crippen molar-refractivity contribution < 1.29 is 22.7 Å². The molecule has 1 amide bonds. The topological polar surface area (TPSA) is 88.7 Å². The predicted octanol–water partition coefficient (Wildman–Crippen LogP) is 3.17. The average Bonchev–Trinajstić information content (AvgIpc) is 2.64. The summed E-state index contributed by atoms with van der Waals surface area (Å²) in [7, 11) is 1.56. The Balaban J connectivity index is 0.00000392. The van der Waals surface area contributed by atoms with Crippen molar-refractivity contribution in [3.05, 3.63) is 65.2 Å². The molecule has 0 aliphatic rings. The first-order chi connectivity index (χ1) is 12.8. The summed E-state index contributed by atoms with van der Waals surface area (Å²) < 4.78 is 40.1. The van der Waals surface area contributed by atoms with Gasteiger partial charge >= 0.3 is 6.36 Å². The molecule has 0 spiro atoms. The molecule has 2 aromatic carbocycles. The van der Waals surface area contributed by atoms with Gasteiger partial charge in [-0.2, -0.15) is 0 Å². The van der Waals surface area contributed by atoms with Crippen LogP contribution in [0, 0.1) is 0 Å². The normalized spacial score (nSPS) is 11.4. The van der Waals surface area contributed by atoms with Crippen molar-refractivity contribution in [1.82, 2.24) is 10.6 Å². The van der Waals surface area contributed by atoms with E-state index in [0.717, 1.165) is 5.56 Å². The Labute approximate surface area is 177 Å². The third-order valence-corrected chi connectivity index (χ3v) is 3.51. The predicted molar refractivity (Wildman–Crippen MR) is 111 cm³/mol. The van der Waals surface area contributed by atoms with Crippen molar-refractivity contribution >= 4 is 35.8 Å². The first-order valence-corrected chi connectivity index (χ1v) is 7.96. The molecule has 0 saturated heterocycles. The lowest BCUT2D eigenvalue weighted by atomic mass is 10.1. The van der Waals surface area contributed by atoms with Crippen molar-refractivity contribution in [1.29, 1.82) is 0 Å². The van der Waals surface area contributed by atoms with E-state index in [2.05, 4.69) is 20.4 Å². The number of carbonyl (C=O) groups excluding carboxylic acids is 1. The van der Waals surface area contributed by atoms with Gasteiger partial charge in [0.25, 0.3) is 5.91 Å². The number of aliphatic imine (C=N–C) groups is 1. The molecule has 0 radical (unpaired) electrons. The van der Waals surface area contributed by atoms with Gasteiger partial charge in [0.2, 0.25) is 0 Å². The zero-order valence-corrected chi connectivity index (χ0v) is 17.2. The number of carbonyl (C=O) groups is 1. The highest BCUT2D eigenvalue weighted by atomic mass is 127. The second-order valence-corrected chi connectivity index (χ2v) is 5.52. The van der Waals surface area contributed by atoms with Gasteiger partial charge in [0, 0.05) is 19.2 Å². The molecule has 4 N–H and O–H groups in total. The molecular weight excluding hydrogens is 488 g/mol. The number of rotatable bonds is 6. The van der Waals surface area contributed by atoms with Crippen molar-refractivity contribution in [2.75, 3.05) is 7.05 Å². The summed E-state index contributed by atoms with van der Waals surface area (Å²) in [5.74, 6) is -0.259. The Kier molecular flexibility index (Phi) is 9.03. The summed E-state index contributed by atoms with van der Waals surface area (Å²) in [6.07, 6.45) is -4.72. The van der Waals surface area contributed by atoms with E-state index in [-0.39, 0.29) is 48.1 Å². The molecule has 0 fully saturated rings. The van der Waals surface area contributed by atoms with Gasteiger partial charge in [-0.3, -0.25) is 4.79 Å². The summed E-state index contributed by atoms with van der Waals surface area (Å²) in [6, 6.07) is 12.4. The largest absolute Gasteiger partial charge is 0.573 e. The van der Waals surface area contributed by atoms with Crippen LogP contribution in [0.15, 0.2) is 53.5 Å². The molecule has 0 atom stereocenters. The zero-order chi connectivity index (χ0) is 19.9. The van der Waals surface area contributed by atoms with Crippen LogP contribution >= 0.6 is 24.0 Å². The van der Waals surface area contributed by atoms with Gasteiger partial charge < -0.3 is 21.1 Å². The number of guanidine groups is 1. The number of hydrogen-bond acceptors (Lipinski definition) is 3. The Morgan fingerprint density at radius 1 is 1.07 bits per heavy atom. The molecular formula is C18H20F3IN4O2. The van der Waals surface area contributed by atoms with Gasteiger partial charge in [-0.25, -0.2) is 4.99 Å². The molecule has 10 heteroatoms. The van der Waals surface area contributed by atoms with Crippen LogP contribution in [0.3, 0.4) is 0 Å². The van der Waals surface area contributed by atoms with Gasteiger partial charge in [0.1, 0.15) is 5.75 Å². The highest BCUT2D eigenvalue weighted by Gasteiger charge is 2.30. The number of benzene rings is 2. The second-order valence-electron chi connectivity index (χ2n) is 5.52. The third-order valence-electron chi connectivity index (χ3n) is 3.51. The maximum Gasteiger partial charge on any atom is 0.573 e. The number of halogens is 4. The van der Waals surface area contributed by atoms with E-state index in [1.807, 2.05) is 0 Å². The summed E-state index contributed by atoms with van der Waals surface area (Å²) in [4.78, 5) is 15.6. The number of ether oxygens (including phenoxy) is 1. The molecule has 2 aromatic rings. The fourth-order valence-corrected chi connectivity index (χ4v) is 2.14. The lowest BCUT2D eigenvalue weighted by molar-refractivity contribution is -0.274. The van der Waals surface area contributed by atoms with Crippen LogP contribution in [-0.2, 0) is 13.1 Å². The maximum atomic E-state index is 12.1. The van der Waals surface area contributed by atoms with E-state index >= 15 is 0 Å². The molecule has 152 valence electrons. The lowest BCUT2D eigenvalue weighted by Gasteiger charge is -2.09. The monoisotopic (exact) mass is 508 g/mol. The summed E-state index contributed by atoms with van der Waals surface area (Å²) in [5.41, 5.74) is 7.94. The second kappa shape index (κ2) is 10.7. The van der Waals surface area contributed by atoms with E-state index in [0.29, 0.717) is 17.7 Å². The van der Waals surface area contributed by atoms with Crippen LogP contribution in [0.1, 0.15) is 21.5 Å². The van der Waals surface area contributed by atoms with Crippen LogP contribution in [0.4, 0.5) is 13.2 Å². The molecule has 0 aliphatic carbocycles. The van der Waals surface area contributed by atoms with E-state index in [9.17, 15) is 18.0 Å². The summed E-state index contributed by atoms with van der Waals surface area (Å²) in [6.45, 7) is 0.627. The quantitative estimate of drug-likeness (QED) is 0.318. The van der Waals surface area contributed by atoms with E-state index in [1.165, 1.54) is 24.3 Å². The smallest absolute Gasteiger partial charge is 0.406 e. The number of nitrogens with one attached hydrogen (secondary N) is 2. The molecule has 28 heavy (non-hydrogen) atoms. The average molecular weight is 508 g/mol. The van der Waals surface area contributed by atoms with Gasteiger partial charge in [-0.05, 0) is 35.4 Å². The minimum absolute atomic E-state index is 0. The molecule has 0 saturated carbocycles. The number of amides is 1. The molecule has 0 aromatic heterocycles. The van der Waals surface area contributed by atoms with Crippen LogP contribution in [-0.4, -0.2) is 25.3 Å². The number of nitrogens with two attached hydrogens (primary N) is 1. The molecule has 0 bridgehead atoms. The fourth-order valence-electron chi connectivity index (χ4n) is 2.14. The molecule has 2 rings (SSSR count). The summed E-state index contributed by atoms with van der Waals surface area (Å²) >= 11 is 0. The Bertz CT molecular complexity index is 794. The van der Waals surface area contributed by atoms with E-state index in [1.54, 1.807) is 31.3 Å². The molecule has 6 nitrogen and oxygen atoms in total. The van der Waals surface area contributed by atoms with Crippen LogP contribution in [0.25, 0.3) is 0 Å². The van der Waals surface area contributed by atoms with Crippen LogP contribution in [0.5, 0.6) is 5.75 Å². The van der Waals surface area contributed by atoms with Crippen LogP contribution < -0.4 is 21.1 Å². The van der Waals surface area contributed by atoms with E-state index < -0.39 is 6.36 Å². The molecule has 0 unspecified atom stereocenters. The van der Waals surface area contributed by atoms with Crippen molar-refractivity contribution in [3.63, 3.8) is 0 Å². The standard InChI is InChI=1S/C18H19F3N4O2.HI/c1-23-16(26)14-6-2-12(3-7-14)10-24-17(22)25-11-13-4-8-15(9-5-13)27-18(19,20)21;/h2-9H,10-11H2,1H3,(H,23,26)(H3,22,24,25);1H. The minimum Gasteiger partial charge on any atom is -0.406 e. The van der Waals surface area contributed by atoms with Crippen molar-refractivity contribution in [2.24, 2.45) is 10.7 Å². The molecule has 0 heterocycles. The van der Waals surface area contributed by atoms with Crippen molar-refractivity contribution in [2.45, 2.75) is 19.5 Å². The first kappa shape index (κ1) is 23.5.